The van der Waals surface area contributed by atoms with Crippen molar-refractivity contribution >= 4 is 6.16 Å². The van der Waals surface area contributed by atoms with Gasteiger partial charge in [0.15, 0.2) is 0 Å². The zero-order chi connectivity index (χ0) is 27.1. The molecule has 2 rings (SSSR count). The number of carbonyl (C=O) groups excluding carboxylic acids is 1. The van der Waals surface area contributed by atoms with Gasteiger partial charge in [0.25, 0.3) is 0 Å². The van der Waals surface area contributed by atoms with Crippen molar-refractivity contribution in [3.63, 3.8) is 0 Å². The Morgan fingerprint density at radius 2 is 0.816 bits per heavy atom. The Morgan fingerprint density at radius 3 is 1.16 bits per heavy atom. The van der Waals surface area contributed by atoms with Gasteiger partial charge in [0, 0.05) is 0 Å². The van der Waals surface area contributed by atoms with E-state index in [9.17, 15) is 4.79 Å². The van der Waals surface area contributed by atoms with Crippen molar-refractivity contribution in [3.05, 3.63) is 23.3 Å². The molecule has 0 fully saturated rings. The fraction of sp³-hybridized carbons (Fsp3) is 0.857. The van der Waals surface area contributed by atoms with Crippen LogP contribution in [-0.4, -0.2) is 19.4 Å². The number of hydrogen-bond donors (Lipinski definition) is 0. The number of allylic oxidation sites excluding steroid dienone is 2. The van der Waals surface area contributed by atoms with Crippen LogP contribution in [0.15, 0.2) is 23.3 Å². The lowest BCUT2D eigenvalue weighted by molar-refractivity contribution is 0.0668. The lowest BCUT2D eigenvalue weighted by Crippen LogP contribution is -2.13. The molecule has 220 valence electrons. The van der Waals surface area contributed by atoms with E-state index in [1.54, 1.807) is 0 Å². The van der Waals surface area contributed by atoms with Crippen LogP contribution in [0.25, 0.3) is 0 Å². The molecular formula is C35H62O3. The van der Waals surface area contributed by atoms with Gasteiger partial charge in [0.05, 0.1) is 0 Å². The zero-order valence-electron chi connectivity index (χ0n) is 25.4. The molecule has 3 nitrogen and oxygen atoms in total. The molecule has 0 spiro atoms. The summed E-state index contributed by atoms with van der Waals surface area (Å²) in [5.41, 5.74) is 2.57. The molecular weight excluding hydrogens is 468 g/mol. The third kappa shape index (κ3) is 18.1. The maximum absolute atomic E-state index is 12.6. The second kappa shape index (κ2) is 22.6. The van der Waals surface area contributed by atoms with Crippen molar-refractivity contribution in [2.75, 3.05) is 13.2 Å². The Bertz CT molecular complexity index is 596. The molecule has 0 heterocycles. The lowest BCUT2D eigenvalue weighted by atomic mass is 9.98. The molecule has 2 aliphatic carbocycles. The third-order valence-corrected chi connectivity index (χ3v) is 8.61. The lowest BCUT2D eigenvalue weighted by Gasteiger charge is -2.15. The van der Waals surface area contributed by atoms with Crippen molar-refractivity contribution in [1.82, 2.24) is 0 Å². The molecule has 38 heavy (non-hydrogen) atoms. The quantitative estimate of drug-likeness (QED) is 0.268. The Morgan fingerprint density at radius 1 is 0.526 bits per heavy atom. The molecule has 0 aliphatic heterocycles. The SMILES string of the molecule is CC1C=C(COC(=O)OCC2=CC(C)CCCCCCCCCCCC2)CCCCCCCCCCCC1. The van der Waals surface area contributed by atoms with Crippen molar-refractivity contribution < 1.29 is 14.3 Å². The van der Waals surface area contributed by atoms with Gasteiger partial charge < -0.3 is 9.47 Å². The summed E-state index contributed by atoms with van der Waals surface area (Å²) in [4.78, 5) is 12.6. The molecule has 0 saturated carbocycles. The molecule has 0 radical (unpaired) electrons. The average Bonchev–Trinajstić information content (AvgIpc) is 2.91. The predicted octanol–water partition coefficient (Wildman–Crippen LogP) is 11.7. The van der Waals surface area contributed by atoms with E-state index in [0.717, 1.165) is 12.8 Å². The number of carbonyl (C=O) groups is 1. The Labute approximate surface area is 236 Å². The van der Waals surface area contributed by atoms with E-state index >= 15 is 0 Å². The fourth-order valence-corrected chi connectivity index (χ4v) is 6.19. The maximum atomic E-state index is 12.6. The first-order valence-electron chi connectivity index (χ1n) is 16.8. The highest BCUT2D eigenvalue weighted by atomic mass is 16.7. The highest BCUT2D eigenvalue weighted by Crippen LogP contribution is 2.22. The molecule has 3 heteroatoms. The summed E-state index contributed by atoms with van der Waals surface area (Å²) in [5.74, 6) is 1.10. The van der Waals surface area contributed by atoms with Gasteiger partial charge in [-0.25, -0.2) is 4.79 Å². The minimum Gasteiger partial charge on any atom is -0.430 e. The molecule has 2 atom stereocenters. The fourth-order valence-electron chi connectivity index (χ4n) is 6.19. The summed E-state index contributed by atoms with van der Waals surface area (Å²) < 4.78 is 11.3. The van der Waals surface area contributed by atoms with Gasteiger partial charge in [0.2, 0.25) is 0 Å². The Balaban J connectivity index is 1.83. The summed E-state index contributed by atoms with van der Waals surface area (Å²) >= 11 is 0. The smallest absolute Gasteiger partial charge is 0.430 e. The van der Waals surface area contributed by atoms with Gasteiger partial charge in [-0.1, -0.05) is 142 Å². The molecule has 0 aromatic rings. The zero-order valence-corrected chi connectivity index (χ0v) is 25.4. The van der Waals surface area contributed by atoms with Crippen molar-refractivity contribution in [3.8, 4) is 0 Å². The van der Waals surface area contributed by atoms with Gasteiger partial charge in [0.1, 0.15) is 13.2 Å². The van der Waals surface area contributed by atoms with Gasteiger partial charge in [-0.3, -0.25) is 0 Å². The first kappa shape index (κ1) is 33.0. The van der Waals surface area contributed by atoms with Crippen LogP contribution in [0, 0.1) is 11.8 Å². The molecule has 0 amide bonds. The molecule has 0 aromatic carbocycles. The van der Waals surface area contributed by atoms with Crippen LogP contribution in [0.3, 0.4) is 0 Å². The highest BCUT2D eigenvalue weighted by Gasteiger charge is 2.11. The van der Waals surface area contributed by atoms with Crippen molar-refractivity contribution in [2.45, 2.75) is 168 Å². The van der Waals surface area contributed by atoms with Crippen LogP contribution in [0.5, 0.6) is 0 Å². The molecule has 2 unspecified atom stereocenters. The van der Waals surface area contributed by atoms with E-state index in [4.69, 9.17) is 9.47 Å². The minimum atomic E-state index is -0.501. The summed E-state index contributed by atoms with van der Waals surface area (Å²) in [6.45, 7) is 5.41. The number of rotatable bonds is 4. The van der Waals surface area contributed by atoms with E-state index in [1.807, 2.05) is 0 Å². The molecule has 0 bridgehead atoms. The van der Waals surface area contributed by atoms with Crippen LogP contribution in [0.1, 0.15) is 168 Å². The molecule has 0 saturated heterocycles. The highest BCUT2D eigenvalue weighted by molar-refractivity contribution is 5.60. The van der Waals surface area contributed by atoms with Crippen molar-refractivity contribution in [1.29, 1.82) is 0 Å². The van der Waals surface area contributed by atoms with E-state index < -0.39 is 6.16 Å². The first-order valence-corrected chi connectivity index (χ1v) is 16.8. The second-order valence-corrected chi connectivity index (χ2v) is 12.6. The van der Waals surface area contributed by atoms with Crippen LogP contribution in [-0.2, 0) is 9.47 Å². The van der Waals surface area contributed by atoms with E-state index in [1.165, 1.54) is 152 Å². The predicted molar refractivity (Wildman–Crippen MR) is 163 cm³/mol. The van der Waals surface area contributed by atoms with E-state index in [2.05, 4.69) is 26.0 Å². The number of ether oxygens (including phenoxy) is 2. The van der Waals surface area contributed by atoms with Crippen LogP contribution in [0.4, 0.5) is 4.79 Å². The Hall–Kier alpha value is -1.25. The third-order valence-electron chi connectivity index (χ3n) is 8.61. The largest absolute Gasteiger partial charge is 0.508 e. The van der Waals surface area contributed by atoms with Crippen LogP contribution >= 0.6 is 0 Å². The summed E-state index contributed by atoms with van der Waals surface area (Å²) in [6, 6.07) is 0. The Kier molecular flexibility index (Phi) is 19.6. The van der Waals surface area contributed by atoms with Gasteiger partial charge in [-0.15, -0.1) is 0 Å². The van der Waals surface area contributed by atoms with Gasteiger partial charge in [-0.05, 0) is 61.5 Å². The average molecular weight is 531 g/mol. The normalized spacial score (nSPS) is 25.3. The monoisotopic (exact) mass is 530 g/mol. The first-order chi connectivity index (χ1) is 18.6. The molecule has 0 N–H and O–H groups in total. The van der Waals surface area contributed by atoms with E-state index in [0.29, 0.717) is 25.0 Å². The minimum absolute atomic E-state index is 0.388. The molecule has 2 aliphatic rings. The summed E-state index contributed by atoms with van der Waals surface area (Å²) in [6.07, 6.45) is 35.7. The van der Waals surface area contributed by atoms with Crippen LogP contribution in [0.2, 0.25) is 0 Å². The van der Waals surface area contributed by atoms with E-state index in [-0.39, 0.29) is 0 Å². The van der Waals surface area contributed by atoms with Crippen LogP contribution < -0.4 is 0 Å². The number of hydrogen-bond acceptors (Lipinski definition) is 3. The maximum Gasteiger partial charge on any atom is 0.508 e. The second-order valence-electron chi connectivity index (χ2n) is 12.6. The standard InChI is InChI=1S/C35H62O3/c1-31-23-19-15-11-7-3-5-9-13-17-21-25-33(27-31)29-37-35(36)38-30-34-26-22-18-14-10-6-4-8-12-16-20-24-32(2)28-34/h27-28,31-32H,3-26,29-30H2,1-2H3. The summed E-state index contributed by atoms with van der Waals surface area (Å²) in [7, 11) is 0. The van der Waals surface area contributed by atoms with Crippen molar-refractivity contribution in [2.24, 2.45) is 11.8 Å². The summed E-state index contributed by atoms with van der Waals surface area (Å²) in [5, 5.41) is 0. The van der Waals surface area contributed by atoms with Gasteiger partial charge in [-0.2, -0.15) is 0 Å². The van der Waals surface area contributed by atoms with Gasteiger partial charge >= 0.3 is 6.16 Å². The topological polar surface area (TPSA) is 35.5 Å². The molecule has 0 aromatic heterocycles.